The summed E-state index contributed by atoms with van der Waals surface area (Å²) in [4.78, 5) is 10.3. The minimum Gasteiger partial charge on any atom is -0.479 e. The normalized spacial score (nSPS) is 10.3. The van der Waals surface area contributed by atoms with E-state index in [1.54, 1.807) is 0 Å². The van der Waals surface area contributed by atoms with Gasteiger partial charge in [0.1, 0.15) is 17.3 Å². The first-order valence-corrected chi connectivity index (χ1v) is 5.87. The number of anilines is 1. The van der Waals surface area contributed by atoms with E-state index in [1.165, 1.54) is 18.2 Å². The van der Waals surface area contributed by atoms with Gasteiger partial charge in [-0.15, -0.1) is 5.10 Å². The Kier molecular flexibility index (Phi) is 3.58. The predicted octanol–water partition coefficient (Wildman–Crippen LogP) is 2.26. The number of hydrogen-bond acceptors (Lipinski definition) is 7. The lowest BCUT2D eigenvalue weighted by atomic mass is 10.3. The molecule has 0 atom stereocenters. The average molecular weight is 287 g/mol. The fourth-order valence-corrected chi connectivity index (χ4v) is 1.90. The van der Waals surface area contributed by atoms with Crippen molar-refractivity contribution in [3.63, 3.8) is 0 Å². The molecule has 1 aromatic carbocycles. The third kappa shape index (κ3) is 2.49. The maximum Gasteiger partial charge on any atom is 0.312 e. The van der Waals surface area contributed by atoms with E-state index in [0.717, 1.165) is 11.5 Å². The average Bonchev–Trinajstić information content (AvgIpc) is 2.73. The summed E-state index contributed by atoms with van der Waals surface area (Å²) >= 11 is 6.88. The first-order chi connectivity index (χ1) is 8.59. The Morgan fingerprint density at radius 1 is 1.56 bits per heavy atom. The highest BCUT2D eigenvalue weighted by atomic mass is 35.5. The van der Waals surface area contributed by atoms with Crippen LogP contribution in [-0.2, 0) is 6.61 Å². The van der Waals surface area contributed by atoms with Crippen molar-refractivity contribution in [2.24, 2.45) is 0 Å². The van der Waals surface area contributed by atoms with Crippen LogP contribution in [0.1, 0.15) is 5.69 Å². The van der Waals surface area contributed by atoms with Gasteiger partial charge < -0.3 is 10.5 Å². The zero-order valence-electron chi connectivity index (χ0n) is 8.87. The number of ether oxygens (including phenoxy) is 1. The molecule has 0 bridgehead atoms. The number of para-hydroxylation sites is 1. The molecule has 0 spiro atoms. The van der Waals surface area contributed by atoms with Gasteiger partial charge >= 0.3 is 5.69 Å². The zero-order valence-corrected chi connectivity index (χ0v) is 10.4. The van der Waals surface area contributed by atoms with Gasteiger partial charge in [-0.05, 0) is 6.07 Å². The SMILES string of the molecule is Nc1snnc1COc1c(Cl)cccc1[N+](=O)[O-]. The quantitative estimate of drug-likeness (QED) is 0.683. The van der Waals surface area contributed by atoms with Gasteiger partial charge in [0, 0.05) is 17.6 Å². The number of rotatable bonds is 4. The smallest absolute Gasteiger partial charge is 0.312 e. The van der Waals surface area contributed by atoms with Gasteiger partial charge in [-0.3, -0.25) is 10.1 Å². The summed E-state index contributed by atoms with van der Waals surface area (Å²) < 4.78 is 8.94. The van der Waals surface area contributed by atoms with E-state index in [-0.39, 0.29) is 23.1 Å². The van der Waals surface area contributed by atoms with Crippen molar-refractivity contribution in [2.75, 3.05) is 5.73 Å². The van der Waals surface area contributed by atoms with Crippen LogP contribution in [0, 0.1) is 10.1 Å². The lowest BCUT2D eigenvalue weighted by molar-refractivity contribution is -0.385. The summed E-state index contributed by atoms with van der Waals surface area (Å²) in [5.41, 5.74) is 5.81. The molecule has 0 aliphatic rings. The number of hydrogen-bond donors (Lipinski definition) is 1. The number of nitrogen functional groups attached to an aromatic ring is 1. The molecule has 2 aromatic rings. The first-order valence-electron chi connectivity index (χ1n) is 4.72. The van der Waals surface area contributed by atoms with Gasteiger partial charge in [0.05, 0.1) is 9.95 Å². The molecular weight excluding hydrogens is 280 g/mol. The molecule has 0 saturated carbocycles. The summed E-state index contributed by atoms with van der Waals surface area (Å²) in [6.45, 7) is -0.0209. The van der Waals surface area contributed by atoms with Crippen molar-refractivity contribution in [3.05, 3.63) is 39.0 Å². The van der Waals surface area contributed by atoms with Crippen molar-refractivity contribution < 1.29 is 9.66 Å². The van der Waals surface area contributed by atoms with Crippen molar-refractivity contribution >= 4 is 33.8 Å². The van der Waals surface area contributed by atoms with Gasteiger partial charge in [-0.2, -0.15) is 0 Å². The van der Waals surface area contributed by atoms with Crippen LogP contribution in [0.25, 0.3) is 0 Å². The molecule has 2 N–H and O–H groups in total. The fraction of sp³-hybridized carbons (Fsp3) is 0.111. The molecule has 7 nitrogen and oxygen atoms in total. The minimum atomic E-state index is -0.566. The molecular formula is C9H7ClN4O3S. The molecule has 18 heavy (non-hydrogen) atoms. The molecule has 1 aromatic heterocycles. The molecule has 0 unspecified atom stereocenters. The third-order valence-electron chi connectivity index (χ3n) is 2.08. The summed E-state index contributed by atoms with van der Waals surface area (Å²) in [5.74, 6) is -0.00318. The van der Waals surface area contributed by atoms with Crippen molar-refractivity contribution in [1.82, 2.24) is 9.59 Å². The monoisotopic (exact) mass is 286 g/mol. The lowest BCUT2D eigenvalue weighted by Gasteiger charge is -2.06. The zero-order chi connectivity index (χ0) is 13.1. The van der Waals surface area contributed by atoms with Gasteiger partial charge in [0.25, 0.3) is 0 Å². The predicted molar refractivity (Wildman–Crippen MR) is 66.8 cm³/mol. The second kappa shape index (κ2) is 5.15. The number of benzene rings is 1. The van der Waals surface area contributed by atoms with Crippen LogP contribution >= 0.6 is 23.1 Å². The maximum atomic E-state index is 10.8. The molecule has 0 aliphatic carbocycles. The third-order valence-corrected chi connectivity index (χ3v) is 2.97. The van der Waals surface area contributed by atoms with Gasteiger partial charge in [-0.1, -0.05) is 22.2 Å². The van der Waals surface area contributed by atoms with E-state index < -0.39 is 4.92 Å². The molecule has 0 fully saturated rings. The van der Waals surface area contributed by atoms with Gasteiger partial charge in [0.2, 0.25) is 5.75 Å². The summed E-state index contributed by atoms with van der Waals surface area (Å²) in [6, 6.07) is 4.29. The molecule has 0 saturated heterocycles. The molecule has 94 valence electrons. The van der Waals surface area contributed by atoms with E-state index >= 15 is 0 Å². The molecule has 1 heterocycles. The summed E-state index contributed by atoms with van der Waals surface area (Å²) in [6.07, 6.45) is 0. The maximum absolute atomic E-state index is 10.8. The Morgan fingerprint density at radius 2 is 2.33 bits per heavy atom. The number of nitrogens with two attached hydrogens (primary N) is 1. The Labute approximate surface area is 110 Å². The second-order valence-corrected chi connectivity index (χ2v) is 4.41. The van der Waals surface area contributed by atoms with Gasteiger partial charge in [0.15, 0.2) is 0 Å². The van der Waals surface area contributed by atoms with E-state index in [9.17, 15) is 10.1 Å². The van der Waals surface area contributed by atoms with Crippen LogP contribution in [0.4, 0.5) is 10.7 Å². The Balaban J connectivity index is 2.24. The van der Waals surface area contributed by atoms with Crippen molar-refractivity contribution in [1.29, 1.82) is 0 Å². The van der Waals surface area contributed by atoms with Crippen LogP contribution in [-0.4, -0.2) is 14.5 Å². The van der Waals surface area contributed by atoms with Crippen LogP contribution in [0.3, 0.4) is 0 Å². The minimum absolute atomic E-state index is 0.00318. The Bertz CT molecular complexity index is 589. The number of nitrogens with zero attached hydrogens (tertiary/aromatic N) is 3. The van der Waals surface area contributed by atoms with Crippen LogP contribution in [0.15, 0.2) is 18.2 Å². The molecule has 0 radical (unpaired) electrons. The molecule has 2 rings (SSSR count). The van der Waals surface area contributed by atoms with E-state index in [1.807, 2.05) is 0 Å². The molecule has 0 aliphatic heterocycles. The fourth-order valence-electron chi connectivity index (χ4n) is 1.24. The van der Waals surface area contributed by atoms with E-state index in [0.29, 0.717) is 10.7 Å². The Morgan fingerprint density at radius 3 is 2.94 bits per heavy atom. The first kappa shape index (κ1) is 12.5. The Hall–Kier alpha value is -1.93. The van der Waals surface area contributed by atoms with Crippen molar-refractivity contribution in [2.45, 2.75) is 6.61 Å². The topological polar surface area (TPSA) is 104 Å². The summed E-state index contributed by atoms with van der Waals surface area (Å²) in [5, 5.41) is 15.1. The van der Waals surface area contributed by atoms with E-state index in [2.05, 4.69) is 9.59 Å². The standard InChI is InChI=1S/C9H7ClN4O3S/c10-5-2-1-3-7(14(15)16)8(5)17-4-6-9(11)18-13-12-6/h1-3H,4,11H2. The van der Waals surface area contributed by atoms with Crippen molar-refractivity contribution in [3.8, 4) is 5.75 Å². The second-order valence-electron chi connectivity index (χ2n) is 3.22. The van der Waals surface area contributed by atoms with E-state index in [4.69, 9.17) is 22.1 Å². The van der Waals surface area contributed by atoms with Crippen LogP contribution < -0.4 is 10.5 Å². The summed E-state index contributed by atoms with van der Waals surface area (Å²) in [7, 11) is 0. The lowest BCUT2D eigenvalue weighted by Crippen LogP contribution is -2.02. The van der Waals surface area contributed by atoms with Crippen LogP contribution in [0.5, 0.6) is 5.75 Å². The highest BCUT2D eigenvalue weighted by molar-refractivity contribution is 7.09. The van der Waals surface area contributed by atoms with Gasteiger partial charge in [-0.25, -0.2) is 0 Å². The molecule has 9 heteroatoms. The molecule has 0 amide bonds. The highest BCUT2D eigenvalue weighted by Crippen LogP contribution is 2.35. The number of nitro groups is 1. The largest absolute Gasteiger partial charge is 0.479 e. The number of nitro benzene ring substituents is 1. The van der Waals surface area contributed by atoms with Crippen LogP contribution in [0.2, 0.25) is 5.02 Å². The number of halogens is 1. The highest BCUT2D eigenvalue weighted by Gasteiger charge is 2.19. The number of aromatic nitrogens is 2.